The van der Waals surface area contributed by atoms with Crippen LogP contribution in [0, 0.1) is 16.7 Å². The molecule has 1 aliphatic heterocycles. The Kier molecular flexibility index (Phi) is 4.29. The Morgan fingerprint density at radius 2 is 1.78 bits per heavy atom. The van der Waals surface area contributed by atoms with Crippen molar-refractivity contribution >= 4 is 0 Å². The third-order valence-corrected chi connectivity index (χ3v) is 5.17. The quantitative estimate of drug-likeness (QED) is 0.835. The zero-order chi connectivity index (χ0) is 13.1. The van der Waals surface area contributed by atoms with Crippen molar-refractivity contribution in [3.63, 3.8) is 0 Å². The van der Waals surface area contributed by atoms with Crippen LogP contribution in [0.25, 0.3) is 0 Å². The van der Waals surface area contributed by atoms with Gasteiger partial charge >= 0.3 is 0 Å². The first-order valence-electron chi connectivity index (χ1n) is 7.44. The van der Waals surface area contributed by atoms with Crippen molar-refractivity contribution in [3.05, 3.63) is 0 Å². The van der Waals surface area contributed by atoms with Gasteiger partial charge in [0, 0.05) is 6.54 Å². The molecule has 0 bridgehead atoms. The average molecular weight is 249 g/mol. The maximum Gasteiger partial charge on any atom is 0.116 e. The Bertz CT molecular complexity index is 304. The normalized spacial score (nSPS) is 27.6. The second-order valence-corrected chi connectivity index (χ2v) is 6.53. The summed E-state index contributed by atoms with van der Waals surface area (Å²) < 4.78 is 0. The average Bonchev–Trinajstić information content (AvgIpc) is 2.43. The van der Waals surface area contributed by atoms with E-state index in [1.807, 2.05) is 14.0 Å². The molecular formula is C15H27N3. The Labute approximate surface area is 112 Å². The first kappa shape index (κ1) is 13.8. The van der Waals surface area contributed by atoms with E-state index >= 15 is 0 Å². The third kappa shape index (κ3) is 3.05. The van der Waals surface area contributed by atoms with Crippen LogP contribution < -0.4 is 5.32 Å². The van der Waals surface area contributed by atoms with Crippen molar-refractivity contribution in [2.75, 3.05) is 26.7 Å². The molecule has 3 nitrogen and oxygen atoms in total. The van der Waals surface area contributed by atoms with Crippen LogP contribution >= 0.6 is 0 Å². The van der Waals surface area contributed by atoms with E-state index in [1.54, 1.807) is 0 Å². The Morgan fingerprint density at radius 3 is 2.28 bits per heavy atom. The van der Waals surface area contributed by atoms with E-state index in [2.05, 4.69) is 16.3 Å². The van der Waals surface area contributed by atoms with E-state index in [9.17, 15) is 5.26 Å². The van der Waals surface area contributed by atoms with Crippen molar-refractivity contribution in [2.45, 2.75) is 57.4 Å². The molecule has 2 fully saturated rings. The minimum Gasteiger partial charge on any atom is -0.302 e. The molecule has 0 amide bonds. The van der Waals surface area contributed by atoms with E-state index in [4.69, 9.17) is 0 Å². The van der Waals surface area contributed by atoms with Gasteiger partial charge in [-0.25, -0.2) is 0 Å². The second-order valence-electron chi connectivity index (χ2n) is 6.53. The van der Waals surface area contributed by atoms with Gasteiger partial charge < -0.3 is 10.2 Å². The highest BCUT2D eigenvalue weighted by atomic mass is 15.2. The highest BCUT2D eigenvalue weighted by Crippen LogP contribution is 2.44. The number of rotatable bonds is 3. The fraction of sp³-hybridized carbons (Fsp3) is 0.933. The Hall–Kier alpha value is -0.590. The zero-order valence-electron chi connectivity index (χ0n) is 12.0. The molecular weight excluding hydrogens is 222 g/mol. The lowest BCUT2D eigenvalue weighted by Crippen LogP contribution is -2.52. The molecule has 1 saturated carbocycles. The molecule has 1 saturated heterocycles. The van der Waals surface area contributed by atoms with Crippen molar-refractivity contribution in [1.29, 1.82) is 5.26 Å². The molecule has 2 rings (SSSR count). The van der Waals surface area contributed by atoms with Gasteiger partial charge in [-0.1, -0.05) is 19.3 Å². The lowest BCUT2D eigenvalue weighted by molar-refractivity contribution is 0.0595. The van der Waals surface area contributed by atoms with Gasteiger partial charge in [0.15, 0.2) is 0 Å². The Balaban J connectivity index is 1.85. The van der Waals surface area contributed by atoms with E-state index < -0.39 is 5.54 Å². The molecule has 102 valence electrons. The summed E-state index contributed by atoms with van der Waals surface area (Å²) in [4.78, 5) is 2.47. The molecule has 0 aromatic heterocycles. The number of likely N-dealkylation sites (tertiary alicyclic amines) is 1. The summed E-state index contributed by atoms with van der Waals surface area (Å²) in [6.45, 7) is 5.21. The standard InChI is InChI=1S/C15H27N3/c1-14(12-16,17-2)13-18-10-8-15(9-11-18)6-4-3-5-7-15/h17H,3-11,13H2,1-2H3. The van der Waals surface area contributed by atoms with Gasteiger partial charge in [-0.15, -0.1) is 0 Å². The van der Waals surface area contributed by atoms with Crippen LogP contribution in [0.2, 0.25) is 0 Å². The van der Waals surface area contributed by atoms with Crippen molar-refractivity contribution < 1.29 is 0 Å². The second kappa shape index (κ2) is 5.59. The van der Waals surface area contributed by atoms with Gasteiger partial charge in [0.05, 0.1) is 6.07 Å². The summed E-state index contributed by atoms with van der Waals surface area (Å²) in [5.41, 5.74) is 0.272. The van der Waals surface area contributed by atoms with Gasteiger partial charge in [-0.05, 0) is 58.2 Å². The molecule has 1 atom stereocenters. The summed E-state index contributed by atoms with van der Waals surface area (Å²) in [6.07, 6.45) is 9.90. The summed E-state index contributed by atoms with van der Waals surface area (Å²) in [7, 11) is 1.88. The number of nitrogens with one attached hydrogen (secondary N) is 1. The fourth-order valence-corrected chi connectivity index (χ4v) is 3.60. The summed E-state index contributed by atoms with van der Waals surface area (Å²) in [5.74, 6) is 0. The van der Waals surface area contributed by atoms with Crippen molar-refractivity contribution in [1.82, 2.24) is 10.2 Å². The molecule has 2 aliphatic rings. The number of hydrogen-bond donors (Lipinski definition) is 1. The van der Waals surface area contributed by atoms with Crippen molar-refractivity contribution in [3.8, 4) is 6.07 Å². The predicted octanol–water partition coefficient (Wildman–Crippen LogP) is 2.53. The van der Waals surface area contributed by atoms with Crippen LogP contribution in [0.1, 0.15) is 51.9 Å². The largest absolute Gasteiger partial charge is 0.302 e. The Morgan fingerprint density at radius 1 is 1.17 bits per heavy atom. The van der Waals surface area contributed by atoms with E-state index in [0.29, 0.717) is 5.41 Å². The molecule has 0 aromatic carbocycles. The molecule has 1 spiro atoms. The smallest absolute Gasteiger partial charge is 0.116 e. The first-order valence-corrected chi connectivity index (χ1v) is 7.44. The van der Waals surface area contributed by atoms with E-state index in [1.165, 1.54) is 58.0 Å². The minimum atomic E-state index is -0.392. The summed E-state index contributed by atoms with van der Waals surface area (Å²) in [6, 6.07) is 2.39. The van der Waals surface area contributed by atoms with Crippen LogP contribution in [-0.4, -0.2) is 37.1 Å². The van der Waals surface area contributed by atoms with Gasteiger partial charge in [0.2, 0.25) is 0 Å². The highest BCUT2D eigenvalue weighted by Gasteiger charge is 2.37. The van der Waals surface area contributed by atoms with Gasteiger partial charge in [-0.2, -0.15) is 5.26 Å². The molecule has 1 aliphatic carbocycles. The molecule has 1 heterocycles. The molecule has 0 radical (unpaired) electrons. The zero-order valence-corrected chi connectivity index (χ0v) is 12.0. The topological polar surface area (TPSA) is 39.1 Å². The SMILES string of the molecule is CNC(C)(C#N)CN1CCC2(CCCCC2)CC1. The number of piperidine rings is 1. The van der Waals surface area contributed by atoms with Gasteiger partial charge in [0.25, 0.3) is 0 Å². The van der Waals surface area contributed by atoms with Crippen LogP contribution in [0.15, 0.2) is 0 Å². The number of hydrogen-bond acceptors (Lipinski definition) is 3. The van der Waals surface area contributed by atoms with E-state index in [0.717, 1.165) is 6.54 Å². The van der Waals surface area contributed by atoms with Crippen LogP contribution in [0.3, 0.4) is 0 Å². The lowest BCUT2D eigenvalue weighted by atomic mass is 9.68. The number of likely N-dealkylation sites (N-methyl/N-ethyl adjacent to an activating group) is 1. The lowest BCUT2D eigenvalue weighted by Gasteiger charge is -2.45. The van der Waals surface area contributed by atoms with Crippen LogP contribution in [0.4, 0.5) is 0 Å². The number of nitriles is 1. The maximum atomic E-state index is 9.22. The molecule has 0 aromatic rings. The predicted molar refractivity (Wildman–Crippen MR) is 74.3 cm³/mol. The van der Waals surface area contributed by atoms with Crippen LogP contribution in [-0.2, 0) is 0 Å². The summed E-state index contributed by atoms with van der Waals surface area (Å²) in [5, 5.41) is 12.4. The molecule has 3 heteroatoms. The highest BCUT2D eigenvalue weighted by molar-refractivity contribution is 5.05. The summed E-state index contributed by atoms with van der Waals surface area (Å²) >= 11 is 0. The van der Waals surface area contributed by atoms with E-state index in [-0.39, 0.29) is 0 Å². The molecule has 1 N–H and O–H groups in total. The molecule has 1 unspecified atom stereocenters. The fourth-order valence-electron chi connectivity index (χ4n) is 3.60. The maximum absolute atomic E-state index is 9.22. The van der Waals surface area contributed by atoms with Gasteiger partial charge in [0.1, 0.15) is 5.54 Å². The van der Waals surface area contributed by atoms with Crippen LogP contribution in [0.5, 0.6) is 0 Å². The minimum absolute atomic E-state index is 0.392. The van der Waals surface area contributed by atoms with Crippen molar-refractivity contribution in [2.24, 2.45) is 5.41 Å². The third-order valence-electron chi connectivity index (χ3n) is 5.17. The monoisotopic (exact) mass is 249 g/mol. The van der Waals surface area contributed by atoms with Gasteiger partial charge in [-0.3, -0.25) is 0 Å². The number of nitrogens with zero attached hydrogens (tertiary/aromatic N) is 2. The first-order chi connectivity index (χ1) is 8.61. The molecule has 18 heavy (non-hydrogen) atoms.